The molecule has 43 heavy (non-hydrogen) atoms. The van der Waals surface area contributed by atoms with Crippen LogP contribution in [-0.2, 0) is 24.5 Å². The molecule has 1 saturated carbocycles. The van der Waals surface area contributed by atoms with E-state index in [-0.39, 0.29) is 23.1 Å². The minimum atomic E-state index is -4.02. The fraction of sp³-hybridized carbons (Fsp3) is 0.452. The lowest BCUT2D eigenvalue weighted by molar-refractivity contribution is -0.148. The molecule has 0 aliphatic heterocycles. The van der Waals surface area contributed by atoms with E-state index in [1.807, 2.05) is 63.3 Å². The van der Waals surface area contributed by atoms with Crippen LogP contribution in [0, 0.1) is 30.6 Å². The van der Waals surface area contributed by atoms with Crippen molar-refractivity contribution in [1.82, 2.24) is 15.9 Å². The van der Waals surface area contributed by atoms with Gasteiger partial charge in [-0.15, -0.1) is 0 Å². The summed E-state index contributed by atoms with van der Waals surface area (Å²) < 4.78 is 29.6. The largest absolute Gasteiger partial charge is 0.320 e. The van der Waals surface area contributed by atoms with Crippen molar-refractivity contribution in [3.8, 4) is 0 Å². The lowest BCUT2D eigenvalue weighted by Crippen LogP contribution is -2.55. The second-order valence-corrected chi connectivity index (χ2v) is 12.7. The molecule has 0 spiro atoms. The summed E-state index contributed by atoms with van der Waals surface area (Å²) >= 11 is 0. The second kappa shape index (κ2) is 16.9. The van der Waals surface area contributed by atoms with E-state index in [9.17, 15) is 28.0 Å². The number of nitrogens with two attached hydrogens (primary N) is 1. The molecule has 3 amide bonds. The third-order valence-electron chi connectivity index (χ3n) is 6.85. The van der Waals surface area contributed by atoms with Crippen LogP contribution in [0.5, 0.6) is 0 Å². The highest BCUT2D eigenvalue weighted by molar-refractivity contribution is 7.85. The van der Waals surface area contributed by atoms with Gasteiger partial charge in [0.2, 0.25) is 11.8 Å². The molecule has 6 N–H and O–H groups in total. The lowest BCUT2D eigenvalue weighted by Gasteiger charge is -2.30. The van der Waals surface area contributed by atoms with E-state index in [1.165, 1.54) is 17.1 Å². The number of amides is 3. The Balaban J connectivity index is 0.000000490. The van der Waals surface area contributed by atoms with Gasteiger partial charge in [-0.25, -0.2) is 5.48 Å². The molecular weight excluding hydrogens is 572 g/mol. The smallest absolute Gasteiger partial charge is 0.294 e. The quantitative estimate of drug-likeness (QED) is 0.136. The van der Waals surface area contributed by atoms with E-state index in [0.29, 0.717) is 18.9 Å². The Hall–Kier alpha value is -3.58. The Morgan fingerprint density at radius 1 is 1.00 bits per heavy atom. The summed E-state index contributed by atoms with van der Waals surface area (Å²) in [5.41, 5.74) is 12.1. The number of nitrogens with one attached hydrogen (secondary N) is 2. The number of benzene rings is 2. The van der Waals surface area contributed by atoms with Crippen molar-refractivity contribution in [1.29, 1.82) is 0 Å². The van der Waals surface area contributed by atoms with E-state index < -0.39 is 39.8 Å². The summed E-state index contributed by atoms with van der Waals surface area (Å²) in [6, 6.07) is 14.9. The van der Waals surface area contributed by atoms with Gasteiger partial charge in [0.15, 0.2) is 0 Å². The highest BCUT2D eigenvalue weighted by Crippen LogP contribution is 2.30. The Labute approximate surface area is 254 Å². The third kappa shape index (κ3) is 12.7. The van der Waals surface area contributed by atoms with Gasteiger partial charge < -0.3 is 5.73 Å². The predicted octanol–water partition coefficient (Wildman–Crippen LogP) is 3.73. The number of carbonyl (C=O) groups is 3. The number of rotatable bonds is 12. The van der Waals surface area contributed by atoms with Gasteiger partial charge in [-0.3, -0.25) is 34.6 Å². The first-order valence-corrected chi connectivity index (χ1v) is 15.7. The molecule has 236 valence electrons. The van der Waals surface area contributed by atoms with Crippen molar-refractivity contribution in [2.24, 2.45) is 29.4 Å². The van der Waals surface area contributed by atoms with Crippen molar-refractivity contribution in [3.63, 3.8) is 0 Å². The number of nitrogens with zero attached hydrogens (tertiary/aromatic N) is 1. The highest BCUT2D eigenvalue weighted by atomic mass is 32.2. The number of hydrogen-bond donors (Lipinski definition) is 5. The molecule has 2 aromatic carbocycles. The SMILES string of the molecule is CC(C)C[C@@H](C(=O)NN(CC1CC1)C(=O)[C@@H](C)N)[C@H](CC=Cc1ccccc1)C(=O)NO.Cc1ccc(S(=O)(=O)O)cc1. The van der Waals surface area contributed by atoms with Crippen LogP contribution in [0.1, 0.15) is 57.6 Å². The van der Waals surface area contributed by atoms with Gasteiger partial charge in [-0.2, -0.15) is 8.42 Å². The normalized spacial score (nSPS) is 15.2. The zero-order valence-corrected chi connectivity index (χ0v) is 26.0. The minimum Gasteiger partial charge on any atom is -0.320 e. The summed E-state index contributed by atoms with van der Waals surface area (Å²) in [5, 5.41) is 10.6. The first kappa shape index (κ1) is 35.6. The van der Waals surface area contributed by atoms with Crippen LogP contribution in [0.15, 0.2) is 65.6 Å². The number of hydrazine groups is 1. The number of allylic oxidation sites excluding steroid dienone is 1. The highest BCUT2D eigenvalue weighted by Gasteiger charge is 2.36. The maximum absolute atomic E-state index is 13.3. The van der Waals surface area contributed by atoms with Gasteiger partial charge >= 0.3 is 0 Å². The number of hydrogen-bond acceptors (Lipinski definition) is 7. The Bertz CT molecular complexity index is 1330. The number of carbonyl (C=O) groups excluding carboxylic acids is 3. The van der Waals surface area contributed by atoms with E-state index in [4.69, 9.17) is 10.3 Å². The van der Waals surface area contributed by atoms with Crippen LogP contribution in [-0.4, -0.2) is 53.5 Å². The molecule has 2 aromatic rings. The molecule has 0 heterocycles. The molecule has 0 aromatic heterocycles. The molecule has 0 unspecified atom stereocenters. The number of hydroxylamine groups is 1. The molecule has 0 saturated heterocycles. The van der Waals surface area contributed by atoms with Crippen molar-refractivity contribution in [2.45, 2.75) is 64.3 Å². The van der Waals surface area contributed by atoms with Crippen molar-refractivity contribution >= 4 is 33.9 Å². The zero-order valence-electron chi connectivity index (χ0n) is 25.1. The maximum Gasteiger partial charge on any atom is 0.294 e. The fourth-order valence-electron chi connectivity index (χ4n) is 4.34. The standard InChI is InChI=1S/C24H36N4O4.C7H8O3S/c1-16(2)14-21(22(29)26-28(15-19-12-13-19)24(31)17(3)25)20(23(30)27-32)11-7-10-18-8-5-4-6-9-18;1-6-2-4-7(5-3-6)11(8,9)10/h4-10,16-17,19-21,32H,11-15,25H2,1-3H3,(H,26,29)(H,27,30);2-5H,1H3,(H,8,9,10)/t17-,20+,21-;/m1./s1. The summed E-state index contributed by atoms with van der Waals surface area (Å²) in [7, 11) is -4.02. The fourth-order valence-corrected chi connectivity index (χ4v) is 4.82. The molecular formula is C31H44N4O7S. The molecule has 3 atom stereocenters. The van der Waals surface area contributed by atoms with Gasteiger partial charge in [-0.05, 0) is 69.1 Å². The van der Waals surface area contributed by atoms with Crippen LogP contribution in [0.25, 0.3) is 6.08 Å². The molecule has 12 heteroatoms. The Kier molecular flexibility index (Phi) is 14.0. The Morgan fingerprint density at radius 2 is 1.60 bits per heavy atom. The van der Waals surface area contributed by atoms with Gasteiger partial charge in [0.05, 0.1) is 22.8 Å². The van der Waals surface area contributed by atoms with E-state index in [2.05, 4.69) is 5.43 Å². The van der Waals surface area contributed by atoms with E-state index in [0.717, 1.165) is 24.0 Å². The molecule has 1 aliphatic rings. The van der Waals surface area contributed by atoms with E-state index in [1.54, 1.807) is 24.5 Å². The molecule has 1 fully saturated rings. The van der Waals surface area contributed by atoms with Gasteiger partial charge in [-0.1, -0.05) is 74.0 Å². The van der Waals surface area contributed by atoms with Crippen molar-refractivity contribution < 1.29 is 32.6 Å². The molecule has 0 bridgehead atoms. The summed E-state index contributed by atoms with van der Waals surface area (Å²) in [4.78, 5) is 38.3. The topological polar surface area (TPSA) is 179 Å². The third-order valence-corrected chi connectivity index (χ3v) is 7.72. The van der Waals surface area contributed by atoms with Crippen molar-refractivity contribution in [2.75, 3.05) is 6.54 Å². The minimum absolute atomic E-state index is 0.0666. The van der Waals surface area contributed by atoms with Gasteiger partial charge in [0.25, 0.3) is 16.0 Å². The first-order chi connectivity index (χ1) is 20.2. The average molecular weight is 617 g/mol. The monoisotopic (exact) mass is 616 g/mol. The first-order valence-electron chi connectivity index (χ1n) is 14.3. The van der Waals surface area contributed by atoms with Crippen LogP contribution in [0.4, 0.5) is 0 Å². The molecule has 0 radical (unpaired) electrons. The van der Waals surface area contributed by atoms with Gasteiger partial charge in [0, 0.05) is 6.54 Å². The molecule has 1 aliphatic carbocycles. The average Bonchev–Trinajstić information content (AvgIpc) is 3.78. The summed E-state index contributed by atoms with van der Waals surface area (Å²) in [6.45, 7) is 7.75. The van der Waals surface area contributed by atoms with Crippen LogP contribution >= 0.6 is 0 Å². The van der Waals surface area contributed by atoms with Crippen LogP contribution < -0.4 is 16.6 Å². The number of aryl methyl sites for hydroxylation is 1. The maximum atomic E-state index is 13.3. The second-order valence-electron chi connectivity index (χ2n) is 11.3. The lowest BCUT2D eigenvalue weighted by atomic mass is 9.82. The summed E-state index contributed by atoms with van der Waals surface area (Å²) in [5.74, 6) is -2.46. The van der Waals surface area contributed by atoms with Gasteiger partial charge in [0.1, 0.15) is 0 Å². The summed E-state index contributed by atoms with van der Waals surface area (Å²) in [6.07, 6.45) is 6.40. The van der Waals surface area contributed by atoms with Crippen LogP contribution in [0.3, 0.4) is 0 Å². The molecule has 3 rings (SSSR count). The van der Waals surface area contributed by atoms with E-state index >= 15 is 0 Å². The Morgan fingerprint density at radius 3 is 2.09 bits per heavy atom. The molecule has 11 nitrogen and oxygen atoms in total. The zero-order chi connectivity index (χ0) is 32.2. The predicted molar refractivity (Wildman–Crippen MR) is 164 cm³/mol. The van der Waals surface area contributed by atoms with Crippen molar-refractivity contribution in [3.05, 3.63) is 71.8 Å². The van der Waals surface area contributed by atoms with Crippen LogP contribution in [0.2, 0.25) is 0 Å².